The molecule has 6 nitrogen and oxygen atoms in total. The van der Waals surface area contributed by atoms with Gasteiger partial charge in [-0.25, -0.2) is 4.98 Å². The first-order valence-corrected chi connectivity index (χ1v) is 9.61. The Balaban J connectivity index is 1.56. The van der Waals surface area contributed by atoms with Crippen LogP contribution in [0.4, 0.5) is 0 Å². The van der Waals surface area contributed by atoms with Gasteiger partial charge in [-0.2, -0.15) is 5.10 Å². The summed E-state index contributed by atoms with van der Waals surface area (Å²) in [6.07, 6.45) is 2.03. The van der Waals surface area contributed by atoms with E-state index in [1.54, 1.807) is 4.68 Å². The minimum Gasteiger partial charge on any atom is -0.342 e. The Hall–Kier alpha value is -2.63. The van der Waals surface area contributed by atoms with Crippen molar-refractivity contribution in [2.75, 3.05) is 13.1 Å². The van der Waals surface area contributed by atoms with Gasteiger partial charge in [0.15, 0.2) is 0 Å². The second-order valence-corrected chi connectivity index (χ2v) is 8.52. The van der Waals surface area contributed by atoms with Gasteiger partial charge in [0.05, 0.1) is 16.7 Å². The van der Waals surface area contributed by atoms with Gasteiger partial charge in [0, 0.05) is 31.5 Å². The summed E-state index contributed by atoms with van der Waals surface area (Å²) in [7, 11) is 1.85. The van der Waals surface area contributed by atoms with Crippen LogP contribution in [0.5, 0.6) is 0 Å². The predicted octanol–water partition coefficient (Wildman–Crippen LogP) is 3.61. The number of likely N-dealkylation sites (tertiary alicyclic amines) is 1. The fourth-order valence-corrected chi connectivity index (χ4v) is 3.75. The molecule has 1 aliphatic heterocycles. The molecule has 3 heterocycles. The molecular weight excluding hydrogens is 338 g/mol. The van der Waals surface area contributed by atoms with Crippen molar-refractivity contribution >= 4 is 16.9 Å². The third kappa shape index (κ3) is 3.36. The van der Waals surface area contributed by atoms with E-state index >= 15 is 0 Å². The molecule has 1 aliphatic rings. The van der Waals surface area contributed by atoms with Crippen molar-refractivity contribution in [3.05, 3.63) is 47.5 Å². The number of imidazole rings is 1. The lowest BCUT2D eigenvalue weighted by Gasteiger charge is -2.31. The SMILES string of the molecule is Cn1nc(C(C)(C)C)cc1C(=O)N1CCCC(c2nc3ccccc3[nH]2)C1. The predicted molar refractivity (Wildman–Crippen MR) is 106 cm³/mol. The molecular formula is C21H27N5O. The number of hydrogen-bond acceptors (Lipinski definition) is 3. The van der Waals surface area contributed by atoms with E-state index in [0.29, 0.717) is 12.2 Å². The molecule has 1 saturated heterocycles. The van der Waals surface area contributed by atoms with Crippen LogP contribution < -0.4 is 0 Å². The second-order valence-electron chi connectivity index (χ2n) is 8.52. The number of amides is 1. The summed E-state index contributed by atoms with van der Waals surface area (Å²) in [5.74, 6) is 1.28. The van der Waals surface area contributed by atoms with Crippen molar-refractivity contribution in [1.29, 1.82) is 0 Å². The summed E-state index contributed by atoms with van der Waals surface area (Å²) in [4.78, 5) is 23.3. The van der Waals surface area contributed by atoms with Gasteiger partial charge >= 0.3 is 0 Å². The Labute approximate surface area is 159 Å². The molecule has 0 saturated carbocycles. The fourth-order valence-electron chi connectivity index (χ4n) is 3.75. The zero-order valence-electron chi connectivity index (χ0n) is 16.5. The lowest BCUT2D eigenvalue weighted by molar-refractivity contribution is 0.0693. The van der Waals surface area contributed by atoms with Gasteiger partial charge in [-0.1, -0.05) is 32.9 Å². The Kier molecular flexibility index (Phi) is 4.29. The van der Waals surface area contributed by atoms with Crippen LogP contribution in [0, 0.1) is 0 Å². The van der Waals surface area contributed by atoms with E-state index in [-0.39, 0.29) is 17.2 Å². The van der Waals surface area contributed by atoms with Crippen LogP contribution in [0.15, 0.2) is 30.3 Å². The summed E-state index contributed by atoms with van der Waals surface area (Å²) in [5.41, 5.74) is 3.56. The maximum atomic E-state index is 13.1. The number of hydrogen-bond donors (Lipinski definition) is 1. The van der Waals surface area contributed by atoms with Crippen molar-refractivity contribution in [3.63, 3.8) is 0 Å². The molecule has 142 valence electrons. The molecule has 0 bridgehead atoms. The highest BCUT2D eigenvalue weighted by molar-refractivity contribution is 5.93. The number of benzene rings is 1. The zero-order valence-corrected chi connectivity index (χ0v) is 16.5. The van der Waals surface area contributed by atoms with E-state index < -0.39 is 0 Å². The molecule has 0 aliphatic carbocycles. The van der Waals surface area contributed by atoms with Crippen LogP contribution in [0.25, 0.3) is 11.0 Å². The lowest BCUT2D eigenvalue weighted by atomic mass is 9.92. The van der Waals surface area contributed by atoms with E-state index in [0.717, 1.165) is 41.9 Å². The number of nitrogens with zero attached hydrogens (tertiary/aromatic N) is 4. The van der Waals surface area contributed by atoms with Gasteiger partial charge in [0.25, 0.3) is 5.91 Å². The van der Waals surface area contributed by atoms with Gasteiger partial charge in [0.2, 0.25) is 0 Å². The molecule has 2 aromatic heterocycles. The molecule has 27 heavy (non-hydrogen) atoms. The van der Waals surface area contributed by atoms with E-state index in [2.05, 4.69) is 30.9 Å². The van der Waals surface area contributed by atoms with Crippen molar-refractivity contribution in [2.24, 2.45) is 7.05 Å². The average molecular weight is 365 g/mol. The molecule has 4 rings (SSSR count). The van der Waals surface area contributed by atoms with E-state index in [9.17, 15) is 4.79 Å². The van der Waals surface area contributed by atoms with Crippen LogP contribution >= 0.6 is 0 Å². The molecule has 3 aromatic rings. The largest absolute Gasteiger partial charge is 0.342 e. The molecule has 1 aromatic carbocycles. The standard InChI is InChI=1S/C21H27N5O/c1-21(2,3)18-12-17(25(4)24-18)20(27)26-11-7-8-14(13-26)19-22-15-9-5-6-10-16(15)23-19/h5-6,9-10,12,14H,7-8,11,13H2,1-4H3,(H,22,23). The third-order valence-electron chi connectivity index (χ3n) is 5.37. The van der Waals surface area contributed by atoms with E-state index in [4.69, 9.17) is 4.98 Å². The molecule has 1 N–H and O–H groups in total. The smallest absolute Gasteiger partial charge is 0.272 e. The normalized spacial score (nSPS) is 18.2. The van der Waals surface area contributed by atoms with Crippen LogP contribution in [0.2, 0.25) is 0 Å². The topological polar surface area (TPSA) is 66.8 Å². The summed E-state index contributed by atoms with van der Waals surface area (Å²) < 4.78 is 1.72. The first kappa shape index (κ1) is 17.8. The molecule has 1 unspecified atom stereocenters. The number of para-hydroxylation sites is 2. The number of aromatic amines is 1. The molecule has 1 amide bonds. The lowest BCUT2D eigenvalue weighted by Crippen LogP contribution is -2.40. The van der Waals surface area contributed by atoms with Crippen molar-refractivity contribution in [2.45, 2.75) is 44.9 Å². The average Bonchev–Trinajstić information content (AvgIpc) is 3.24. The molecule has 0 radical (unpaired) electrons. The van der Waals surface area contributed by atoms with Crippen LogP contribution in [-0.2, 0) is 12.5 Å². The molecule has 1 fully saturated rings. The van der Waals surface area contributed by atoms with Gasteiger partial charge in [0.1, 0.15) is 11.5 Å². The Morgan fingerprint density at radius 2 is 2.04 bits per heavy atom. The first-order valence-electron chi connectivity index (χ1n) is 9.61. The quantitative estimate of drug-likeness (QED) is 0.754. The van der Waals surface area contributed by atoms with Crippen LogP contribution in [-0.4, -0.2) is 43.6 Å². The highest BCUT2D eigenvalue weighted by Crippen LogP contribution is 2.28. The van der Waals surface area contributed by atoms with Gasteiger partial charge in [-0.3, -0.25) is 9.48 Å². The summed E-state index contributed by atoms with van der Waals surface area (Å²) in [6.45, 7) is 7.81. The minimum atomic E-state index is -0.0744. The van der Waals surface area contributed by atoms with Gasteiger partial charge in [-0.15, -0.1) is 0 Å². The number of aromatic nitrogens is 4. The van der Waals surface area contributed by atoms with Crippen molar-refractivity contribution in [3.8, 4) is 0 Å². The zero-order chi connectivity index (χ0) is 19.2. The van der Waals surface area contributed by atoms with Crippen molar-refractivity contribution < 1.29 is 4.79 Å². The van der Waals surface area contributed by atoms with E-state index in [1.807, 2.05) is 42.3 Å². The molecule has 6 heteroatoms. The minimum absolute atomic E-state index is 0.0568. The number of carbonyl (C=O) groups is 1. The maximum Gasteiger partial charge on any atom is 0.272 e. The Morgan fingerprint density at radius 1 is 1.26 bits per heavy atom. The third-order valence-corrected chi connectivity index (χ3v) is 5.37. The number of aryl methyl sites for hydroxylation is 1. The highest BCUT2D eigenvalue weighted by Gasteiger charge is 2.30. The number of nitrogens with one attached hydrogen (secondary N) is 1. The number of rotatable bonds is 2. The summed E-state index contributed by atoms with van der Waals surface area (Å²) >= 11 is 0. The number of carbonyl (C=O) groups excluding carboxylic acids is 1. The maximum absolute atomic E-state index is 13.1. The highest BCUT2D eigenvalue weighted by atomic mass is 16.2. The molecule has 0 spiro atoms. The fraction of sp³-hybridized carbons (Fsp3) is 0.476. The van der Waals surface area contributed by atoms with Crippen molar-refractivity contribution in [1.82, 2.24) is 24.6 Å². The first-order chi connectivity index (χ1) is 12.8. The monoisotopic (exact) mass is 365 g/mol. The Bertz CT molecular complexity index is 945. The van der Waals surface area contributed by atoms with E-state index in [1.165, 1.54) is 0 Å². The van der Waals surface area contributed by atoms with Crippen LogP contribution in [0.1, 0.15) is 61.5 Å². The second kappa shape index (κ2) is 6.51. The van der Waals surface area contributed by atoms with Gasteiger partial charge in [-0.05, 0) is 31.0 Å². The number of H-pyrrole nitrogens is 1. The number of fused-ring (bicyclic) bond motifs is 1. The Morgan fingerprint density at radius 3 is 2.74 bits per heavy atom. The molecule has 1 atom stereocenters. The summed E-state index contributed by atoms with van der Waals surface area (Å²) in [5, 5.41) is 4.55. The number of piperidine rings is 1. The summed E-state index contributed by atoms with van der Waals surface area (Å²) in [6, 6.07) is 10.0. The van der Waals surface area contributed by atoms with Crippen LogP contribution in [0.3, 0.4) is 0 Å². The van der Waals surface area contributed by atoms with Gasteiger partial charge < -0.3 is 9.88 Å².